The summed E-state index contributed by atoms with van der Waals surface area (Å²) < 4.78 is 12.3. The maximum Gasteiger partial charge on any atom is 0.200 e. The second-order valence-corrected chi connectivity index (χ2v) is 12.1. The molecule has 1 fully saturated rings. The van der Waals surface area contributed by atoms with Crippen molar-refractivity contribution in [1.82, 2.24) is 0 Å². The molecule has 4 heteroatoms. The minimum Gasteiger partial charge on any atom is -0.410 e. The molecule has 1 saturated heterocycles. The molecule has 1 aliphatic heterocycles. The van der Waals surface area contributed by atoms with Crippen molar-refractivity contribution in [2.45, 2.75) is 89.8 Å². The van der Waals surface area contributed by atoms with Crippen LogP contribution >= 0.6 is 0 Å². The third-order valence-corrected chi connectivity index (χ3v) is 10.7. The molecule has 112 valence electrons. The molecular weight excluding hydrogens is 256 g/mol. The highest BCUT2D eigenvalue weighted by atomic mass is 28.4. The van der Waals surface area contributed by atoms with Crippen LogP contribution in [-0.4, -0.2) is 32.9 Å². The molecule has 0 spiro atoms. The molecule has 3 nitrogen and oxygen atoms in total. The summed E-state index contributed by atoms with van der Waals surface area (Å²) in [5.41, 5.74) is 1.69. The van der Waals surface area contributed by atoms with Crippen molar-refractivity contribution >= 4 is 14.6 Å². The van der Waals surface area contributed by atoms with Gasteiger partial charge in [-0.3, -0.25) is 0 Å². The fourth-order valence-corrected chi connectivity index (χ4v) is 9.37. The average molecular weight is 286 g/mol. The van der Waals surface area contributed by atoms with Crippen LogP contribution in [0, 0.1) is 0 Å². The van der Waals surface area contributed by atoms with E-state index in [9.17, 15) is 4.79 Å². The van der Waals surface area contributed by atoms with Gasteiger partial charge in [-0.1, -0.05) is 41.5 Å². The van der Waals surface area contributed by atoms with Crippen LogP contribution in [0.3, 0.4) is 0 Å². The first-order valence-corrected chi connectivity index (χ1v) is 9.68. The topological polar surface area (TPSA) is 35.5 Å². The molecule has 0 aromatic carbocycles. The van der Waals surface area contributed by atoms with Crippen LogP contribution in [-0.2, 0) is 14.0 Å². The van der Waals surface area contributed by atoms with E-state index in [1.807, 2.05) is 6.92 Å². The third-order valence-electron chi connectivity index (χ3n) is 4.59. The Kier molecular flexibility index (Phi) is 5.77. The Labute approximate surface area is 119 Å². The van der Waals surface area contributed by atoms with Gasteiger partial charge < -0.3 is 14.0 Å². The van der Waals surface area contributed by atoms with Crippen LogP contribution in [0.25, 0.3) is 0 Å². The summed E-state index contributed by atoms with van der Waals surface area (Å²) in [5, 5.41) is 0. The number of hydrogen-bond acceptors (Lipinski definition) is 3. The van der Waals surface area contributed by atoms with E-state index >= 15 is 0 Å². The molecule has 0 aromatic rings. The third kappa shape index (κ3) is 3.28. The van der Waals surface area contributed by atoms with Crippen LogP contribution in [0.2, 0.25) is 16.6 Å². The molecule has 0 aliphatic carbocycles. The van der Waals surface area contributed by atoms with Crippen molar-refractivity contribution in [2.75, 3.05) is 0 Å². The van der Waals surface area contributed by atoms with E-state index in [2.05, 4.69) is 41.5 Å². The Hall–Kier alpha value is -0.193. The second-order valence-electron chi connectivity index (χ2n) is 6.73. The molecule has 0 amide bonds. The number of carbonyl (C=O) groups is 1. The molecule has 19 heavy (non-hydrogen) atoms. The van der Waals surface area contributed by atoms with Gasteiger partial charge in [0, 0.05) is 6.42 Å². The lowest BCUT2D eigenvalue weighted by Crippen LogP contribution is -2.51. The first-order chi connectivity index (χ1) is 8.75. The van der Waals surface area contributed by atoms with Crippen molar-refractivity contribution in [1.29, 1.82) is 0 Å². The van der Waals surface area contributed by atoms with E-state index in [0.717, 1.165) is 6.29 Å². The van der Waals surface area contributed by atoms with Gasteiger partial charge in [0.25, 0.3) is 0 Å². The molecule has 3 atom stereocenters. The monoisotopic (exact) mass is 286 g/mol. The molecule has 1 aliphatic rings. The quantitative estimate of drug-likeness (QED) is 0.548. The molecule has 0 aromatic heterocycles. The van der Waals surface area contributed by atoms with Crippen LogP contribution in [0.1, 0.15) is 54.9 Å². The van der Waals surface area contributed by atoms with Gasteiger partial charge in [0.1, 0.15) is 12.4 Å². The van der Waals surface area contributed by atoms with Gasteiger partial charge >= 0.3 is 0 Å². The number of rotatable bonds is 6. The Morgan fingerprint density at radius 1 is 1.11 bits per heavy atom. The van der Waals surface area contributed by atoms with Gasteiger partial charge in [-0.15, -0.1) is 0 Å². The molecule has 0 N–H and O–H groups in total. The minimum atomic E-state index is -1.87. The predicted octanol–water partition coefficient (Wildman–Crippen LogP) is 3.92. The Balaban J connectivity index is 2.92. The molecule has 0 unspecified atom stereocenters. The van der Waals surface area contributed by atoms with E-state index in [1.54, 1.807) is 0 Å². The summed E-state index contributed by atoms with van der Waals surface area (Å²) in [6, 6.07) is 0. The van der Waals surface area contributed by atoms with Crippen LogP contribution in [0.15, 0.2) is 0 Å². The Morgan fingerprint density at radius 2 is 1.58 bits per heavy atom. The molecule has 0 radical (unpaired) electrons. The van der Waals surface area contributed by atoms with Crippen molar-refractivity contribution in [3.8, 4) is 0 Å². The maximum atomic E-state index is 10.9. The van der Waals surface area contributed by atoms with Crippen LogP contribution in [0.4, 0.5) is 0 Å². The van der Waals surface area contributed by atoms with Crippen LogP contribution in [0.5, 0.6) is 0 Å². The first-order valence-electron chi connectivity index (χ1n) is 7.54. The molecule has 1 rings (SSSR count). The van der Waals surface area contributed by atoms with E-state index in [-0.39, 0.29) is 18.3 Å². The zero-order chi connectivity index (χ0) is 14.8. The number of carbonyl (C=O) groups excluding carboxylic acids is 1. The molecular formula is C15H30O3Si. The number of ether oxygens (including phenoxy) is 1. The Morgan fingerprint density at radius 3 is 1.89 bits per heavy atom. The standard InChI is InChI=1S/C15H30O3Si/c1-10(2)19(11(3)4,12(5)6)18-15-8-14(9-16)17-13(15)7/h9-15H,8H2,1-7H3/t13-,14+,15+/m1/s1. The lowest BCUT2D eigenvalue weighted by Gasteiger charge is -2.44. The van der Waals surface area contributed by atoms with Crippen molar-refractivity contribution in [3.05, 3.63) is 0 Å². The lowest BCUT2D eigenvalue weighted by atomic mass is 10.2. The normalized spacial score (nSPS) is 28.6. The first kappa shape index (κ1) is 16.9. The molecule has 1 heterocycles. The van der Waals surface area contributed by atoms with Gasteiger partial charge in [0.15, 0.2) is 0 Å². The zero-order valence-electron chi connectivity index (χ0n) is 13.5. The van der Waals surface area contributed by atoms with E-state index in [1.165, 1.54) is 0 Å². The minimum absolute atomic E-state index is 0.0262. The lowest BCUT2D eigenvalue weighted by molar-refractivity contribution is -0.117. The fourth-order valence-electron chi connectivity index (χ4n) is 3.74. The maximum absolute atomic E-state index is 10.9. The highest BCUT2D eigenvalue weighted by Gasteiger charge is 2.48. The number of hydrogen-bond donors (Lipinski definition) is 0. The summed E-state index contributed by atoms with van der Waals surface area (Å²) in [6.45, 7) is 15.7. The zero-order valence-corrected chi connectivity index (χ0v) is 14.5. The predicted molar refractivity (Wildman–Crippen MR) is 80.9 cm³/mol. The largest absolute Gasteiger partial charge is 0.410 e. The van der Waals surface area contributed by atoms with Gasteiger partial charge in [-0.2, -0.15) is 0 Å². The average Bonchev–Trinajstić information content (AvgIpc) is 2.65. The summed E-state index contributed by atoms with van der Waals surface area (Å²) >= 11 is 0. The van der Waals surface area contributed by atoms with E-state index in [4.69, 9.17) is 9.16 Å². The van der Waals surface area contributed by atoms with E-state index in [0.29, 0.717) is 23.0 Å². The highest BCUT2D eigenvalue weighted by Crippen LogP contribution is 2.44. The van der Waals surface area contributed by atoms with Gasteiger partial charge in [0.2, 0.25) is 8.32 Å². The molecule has 0 saturated carbocycles. The van der Waals surface area contributed by atoms with Crippen molar-refractivity contribution < 1.29 is 14.0 Å². The van der Waals surface area contributed by atoms with Gasteiger partial charge in [-0.05, 0) is 23.5 Å². The second kappa shape index (κ2) is 6.51. The number of aldehydes is 1. The van der Waals surface area contributed by atoms with Gasteiger partial charge in [0.05, 0.1) is 12.2 Å². The summed E-state index contributed by atoms with van der Waals surface area (Å²) in [4.78, 5) is 10.9. The Bertz CT molecular complexity index is 280. The summed E-state index contributed by atoms with van der Waals surface area (Å²) in [7, 11) is -1.87. The fraction of sp³-hybridized carbons (Fsp3) is 0.933. The van der Waals surface area contributed by atoms with Crippen molar-refractivity contribution in [3.63, 3.8) is 0 Å². The SMILES string of the molecule is CC(C)[Si](O[C@H]1C[C@@H](C=O)O[C@@H]1C)(C(C)C)C(C)C. The van der Waals surface area contributed by atoms with Crippen molar-refractivity contribution in [2.24, 2.45) is 0 Å². The summed E-state index contributed by atoms with van der Waals surface area (Å²) in [5.74, 6) is 0. The van der Waals surface area contributed by atoms with Crippen LogP contribution < -0.4 is 0 Å². The smallest absolute Gasteiger partial charge is 0.200 e. The summed E-state index contributed by atoms with van der Waals surface area (Å²) in [6.07, 6.45) is 1.44. The highest BCUT2D eigenvalue weighted by molar-refractivity contribution is 6.77. The molecule has 0 bridgehead atoms. The van der Waals surface area contributed by atoms with E-state index < -0.39 is 8.32 Å². The van der Waals surface area contributed by atoms with Gasteiger partial charge in [-0.25, -0.2) is 0 Å².